The first-order chi connectivity index (χ1) is 9.86. The van der Waals surface area contributed by atoms with E-state index in [1.807, 2.05) is 0 Å². The average Bonchev–Trinajstić information content (AvgIpc) is 2.69. The summed E-state index contributed by atoms with van der Waals surface area (Å²) < 4.78 is 1.58. The van der Waals surface area contributed by atoms with Crippen molar-refractivity contribution in [2.45, 2.75) is 13.8 Å². The molecule has 0 saturated heterocycles. The Labute approximate surface area is 121 Å². The Balaban J connectivity index is 2.16. The van der Waals surface area contributed by atoms with Crippen LogP contribution in [0.1, 0.15) is 21.6 Å². The SMILES string of the molecule is Cc1ccc(NC(=O)Nc2cn(C)nc2C)c(C(=O)O)c1. The number of hydrogen-bond acceptors (Lipinski definition) is 3. The molecule has 2 amide bonds. The summed E-state index contributed by atoms with van der Waals surface area (Å²) in [5.74, 6) is -1.09. The Bertz CT molecular complexity index is 706. The molecule has 0 fully saturated rings. The number of aryl methyl sites for hydroxylation is 3. The van der Waals surface area contributed by atoms with Crippen LogP contribution in [0.4, 0.5) is 16.2 Å². The number of benzene rings is 1. The van der Waals surface area contributed by atoms with Crippen LogP contribution in [0, 0.1) is 13.8 Å². The Hall–Kier alpha value is -2.83. The Morgan fingerprint density at radius 3 is 2.43 bits per heavy atom. The van der Waals surface area contributed by atoms with Gasteiger partial charge in [0.2, 0.25) is 0 Å². The van der Waals surface area contributed by atoms with Gasteiger partial charge in [0.15, 0.2) is 0 Å². The molecular formula is C14H16N4O3. The van der Waals surface area contributed by atoms with Crippen LogP contribution in [0.5, 0.6) is 0 Å². The van der Waals surface area contributed by atoms with Gasteiger partial charge < -0.3 is 15.7 Å². The second kappa shape index (κ2) is 5.66. The number of nitrogens with zero attached hydrogens (tertiary/aromatic N) is 2. The summed E-state index contributed by atoms with van der Waals surface area (Å²) >= 11 is 0. The fourth-order valence-corrected chi connectivity index (χ4v) is 1.94. The minimum absolute atomic E-state index is 0.0491. The Kier molecular flexibility index (Phi) is 3.93. The number of carboxylic acid groups (broad SMARTS) is 1. The van der Waals surface area contributed by atoms with E-state index in [-0.39, 0.29) is 11.3 Å². The third kappa shape index (κ3) is 3.38. The molecule has 7 nitrogen and oxygen atoms in total. The van der Waals surface area contributed by atoms with Crippen molar-refractivity contribution in [1.82, 2.24) is 9.78 Å². The highest BCUT2D eigenvalue weighted by molar-refractivity contribution is 6.04. The van der Waals surface area contributed by atoms with E-state index in [2.05, 4.69) is 15.7 Å². The van der Waals surface area contributed by atoms with Gasteiger partial charge in [-0.25, -0.2) is 9.59 Å². The van der Waals surface area contributed by atoms with E-state index in [0.717, 1.165) is 5.56 Å². The van der Waals surface area contributed by atoms with Crippen molar-refractivity contribution in [3.05, 3.63) is 41.2 Å². The molecule has 7 heteroatoms. The molecule has 0 unspecified atom stereocenters. The van der Waals surface area contributed by atoms with E-state index < -0.39 is 12.0 Å². The summed E-state index contributed by atoms with van der Waals surface area (Å²) in [5, 5.41) is 18.4. The molecule has 0 saturated carbocycles. The zero-order valence-corrected chi connectivity index (χ0v) is 12.0. The Morgan fingerprint density at radius 1 is 1.19 bits per heavy atom. The molecule has 3 N–H and O–H groups in total. The molecule has 2 aromatic rings. The van der Waals surface area contributed by atoms with Crippen molar-refractivity contribution < 1.29 is 14.7 Å². The Morgan fingerprint density at radius 2 is 1.86 bits per heavy atom. The van der Waals surface area contributed by atoms with Crippen LogP contribution in [0.2, 0.25) is 0 Å². The molecule has 0 aliphatic heterocycles. The normalized spacial score (nSPS) is 10.2. The smallest absolute Gasteiger partial charge is 0.337 e. The summed E-state index contributed by atoms with van der Waals surface area (Å²) in [5.41, 5.74) is 2.34. The van der Waals surface area contributed by atoms with E-state index in [1.54, 1.807) is 43.9 Å². The molecular weight excluding hydrogens is 272 g/mol. The number of carbonyl (C=O) groups is 2. The highest BCUT2D eigenvalue weighted by Gasteiger charge is 2.14. The minimum atomic E-state index is -1.09. The largest absolute Gasteiger partial charge is 0.478 e. The number of carbonyl (C=O) groups excluding carboxylic acids is 1. The molecule has 21 heavy (non-hydrogen) atoms. The predicted molar refractivity (Wildman–Crippen MR) is 78.7 cm³/mol. The second-order valence-corrected chi connectivity index (χ2v) is 4.74. The van der Waals surface area contributed by atoms with Crippen molar-refractivity contribution in [2.24, 2.45) is 7.05 Å². The number of carboxylic acids is 1. The first-order valence-corrected chi connectivity index (χ1v) is 6.29. The number of nitrogens with one attached hydrogen (secondary N) is 2. The fraction of sp³-hybridized carbons (Fsp3) is 0.214. The highest BCUT2D eigenvalue weighted by Crippen LogP contribution is 2.18. The minimum Gasteiger partial charge on any atom is -0.478 e. The van der Waals surface area contributed by atoms with Gasteiger partial charge in [-0.1, -0.05) is 11.6 Å². The maximum Gasteiger partial charge on any atom is 0.337 e. The van der Waals surface area contributed by atoms with Gasteiger partial charge in [-0.15, -0.1) is 0 Å². The molecule has 1 aromatic heterocycles. The van der Waals surface area contributed by atoms with Gasteiger partial charge >= 0.3 is 12.0 Å². The number of amides is 2. The highest BCUT2D eigenvalue weighted by atomic mass is 16.4. The zero-order chi connectivity index (χ0) is 15.6. The van der Waals surface area contributed by atoms with Crippen molar-refractivity contribution in [3.63, 3.8) is 0 Å². The van der Waals surface area contributed by atoms with Gasteiger partial charge in [0.1, 0.15) is 0 Å². The standard InChI is InChI=1S/C14H16N4O3/c1-8-4-5-11(10(6-8)13(19)20)15-14(21)16-12-7-18(3)17-9(12)2/h4-7H,1-3H3,(H,19,20)(H2,15,16,21). The van der Waals surface area contributed by atoms with Crippen LogP contribution in [0.25, 0.3) is 0 Å². The molecule has 0 aliphatic rings. The molecule has 110 valence electrons. The second-order valence-electron chi connectivity index (χ2n) is 4.74. The third-order valence-corrected chi connectivity index (χ3v) is 2.92. The lowest BCUT2D eigenvalue weighted by molar-refractivity contribution is 0.0698. The lowest BCUT2D eigenvalue weighted by Crippen LogP contribution is -2.21. The first-order valence-electron chi connectivity index (χ1n) is 6.29. The molecule has 0 bridgehead atoms. The summed E-state index contributed by atoms with van der Waals surface area (Å²) in [4.78, 5) is 23.1. The maximum atomic E-state index is 12.0. The number of aromatic carboxylic acids is 1. The maximum absolute atomic E-state index is 12.0. The molecule has 0 spiro atoms. The van der Waals surface area contributed by atoms with Crippen LogP contribution in [-0.4, -0.2) is 26.9 Å². The van der Waals surface area contributed by atoms with Crippen molar-refractivity contribution in [1.29, 1.82) is 0 Å². The van der Waals surface area contributed by atoms with Gasteiger partial charge in [0, 0.05) is 13.2 Å². The van der Waals surface area contributed by atoms with E-state index in [4.69, 9.17) is 5.11 Å². The van der Waals surface area contributed by atoms with Crippen LogP contribution < -0.4 is 10.6 Å². The number of rotatable bonds is 3. The molecule has 0 aliphatic carbocycles. The molecule has 2 rings (SSSR count). The van der Waals surface area contributed by atoms with E-state index in [0.29, 0.717) is 11.4 Å². The van der Waals surface area contributed by atoms with E-state index in [9.17, 15) is 9.59 Å². The summed E-state index contributed by atoms with van der Waals surface area (Å²) in [6.45, 7) is 3.56. The van der Waals surface area contributed by atoms with Gasteiger partial charge in [0.05, 0.1) is 22.6 Å². The van der Waals surface area contributed by atoms with Gasteiger partial charge in [-0.05, 0) is 26.0 Å². The van der Waals surface area contributed by atoms with Crippen LogP contribution in [0.15, 0.2) is 24.4 Å². The number of anilines is 2. The van der Waals surface area contributed by atoms with Gasteiger partial charge in [-0.3, -0.25) is 4.68 Å². The summed E-state index contributed by atoms with van der Waals surface area (Å²) in [6, 6.07) is 4.29. The van der Waals surface area contributed by atoms with Gasteiger partial charge in [-0.2, -0.15) is 5.10 Å². The number of aromatic nitrogens is 2. The molecule has 0 radical (unpaired) electrons. The fourth-order valence-electron chi connectivity index (χ4n) is 1.94. The zero-order valence-electron chi connectivity index (χ0n) is 12.0. The first kappa shape index (κ1) is 14.6. The molecule has 1 heterocycles. The lowest BCUT2D eigenvalue weighted by Gasteiger charge is -2.10. The predicted octanol–water partition coefficient (Wildman–Crippen LogP) is 2.38. The monoisotopic (exact) mass is 288 g/mol. The third-order valence-electron chi connectivity index (χ3n) is 2.92. The van der Waals surface area contributed by atoms with Crippen LogP contribution >= 0.6 is 0 Å². The van der Waals surface area contributed by atoms with Crippen LogP contribution in [-0.2, 0) is 7.05 Å². The van der Waals surface area contributed by atoms with Crippen LogP contribution in [0.3, 0.4) is 0 Å². The van der Waals surface area contributed by atoms with E-state index >= 15 is 0 Å². The summed E-state index contributed by atoms with van der Waals surface area (Å²) in [7, 11) is 1.75. The molecule has 1 aromatic carbocycles. The number of urea groups is 1. The topological polar surface area (TPSA) is 96.3 Å². The lowest BCUT2D eigenvalue weighted by atomic mass is 10.1. The van der Waals surface area contributed by atoms with E-state index in [1.165, 1.54) is 6.07 Å². The quantitative estimate of drug-likeness (QED) is 0.807. The van der Waals surface area contributed by atoms with Crippen molar-refractivity contribution in [3.8, 4) is 0 Å². The average molecular weight is 288 g/mol. The van der Waals surface area contributed by atoms with Crippen molar-refractivity contribution in [2.75, 3.05) is 10.6 Å². The molecule has 0 atom stereocenters. The number of hydrogen-bond donors (Lipinski definition) is 3. The van der Waals surface area contributed by atoms with Crippen molar-refractivity contribution >= 4 is 23.4 Å². The summed E-state index contributed by atoms with van der Waals surface area (Å²) in [6.07, 6.45) is 1.67. The van der Waals surface area contributed by atoms with Gasteiger partial charge in [0.25, 0.3) is 0 Å².